The molecule has 1 unspecified atom stereocenters. The molecule has 0 saturated heterocycles. The van der Waals surface area contributed by atoms with E-state index in [1.165, 1.54) is 0 Å². The van der Waals surface area contributed by atoms with Crippen molar-refractivity contribution in [2.45, 2.75) is 38.1 Å². The minimum atomic E-state index is -1.13. The summed E-state index contributed by atoms with van der Waals surface area (Å²) in [6.45, 7) is 1.63. The van der Waals surface area contributed by atoms with Gasteiger partial charge in [-0.3, -0.25) is 14.5 Å². The van der Waals surface area contributed by atoms with Gasteiger partial charge >= 0.3 is 5.97 Å². The van der Waals surface area contributed by atoms with Gasteiger partial charge < -0.3 is 10.8 Å². The Hall–Kier alpha value is -1.10. The third-order valence-corrected chi connectivity index (χ3v) is 4.17. The largest absolute Gasteiger partial charge is 0.481 e. The monoisotopic (exact) mass is 228 g/mol. The van der Waals surface area contributed by atoms with Crippen molar-refractivity contribution < 1.29 is 14.7 Å². The number of nitrogens with two attached hydrogens (primary N) is 1. The number of nitrogens with zero attached hydrogens (tertiary/aromatic N) is 1. The van der Waals surface area contributed by atoms with Gasteiger partial charge in [0.25, 0.3) is 0 Å². The van der Waals surface area contributed by atoms with E-state index in [1.54, 1.807) is 25.9 Å². The second kappa shape index (κ2) is 4.05. The molecule has 5 heteroatoms. The Morgan fingerprint density at radius 1 is 1.31 bits per heavy atom. The quantitative estimate of drug-likeness (QED) is 0.731. The van der Waals surface area contributed by atoms with Crippen LogP contribution in [0.15, 0.2) is 0 Å². The third kappa shape index (κ3) is 1.50. The number of rotatable bonds is 4. The zero-order valence-electron chi connectivity index (χ0n) is 10.1. The molecule has 5 nitrogen and oxygen atoms in total. The van der Waals surface area contributed by atoms with Crippen LogP contribution >= 0.6 is 0 Å². The van der Waals surface area contributed by atoms with Crippen molar-refractivity contribution in [3.63, 3.8) is 0 Å². The fourth-order valence-corrected chi connectivity index (χ4v) is 2.77. The highest BCUT2D eigenvalue weighted by molar-refractivity contribution is 5.93. The fourth-order valence-electron chi connectivity index (χ4n) is 2.77. The zero-order valence-corrected chi connectivity index (χ0v) is 10.1. The van der Waals surface area contributed by atoms with E-state index in [-0.39, 0.29) is 0 Å². The summed E-state index contributed by atoms with van der Waals surface area (Å²) in [5, 5.41) is 9.46. The van der Waals surface area contributed by atoms with Crippen molar-refractivity contribution in [2.75, 3.05) is 14.1 Å². The molecule has 0 aromatic heterocycles. The van der Waals surface area contributed by atoms with E-state index < -0.39 is 22.8 Å². The van der Waals surface area contributed by atoms with Crippen LogP contribution in [-0.2, 0) is 9.59 Å². The SMILES string of the molecule is CN(C)C(C)(C(N)=O)C1(C(=O)O)CCCC1. The van der Waals surface area contributed by atoms with E-state index in [0.717, 1.165) is 12.8 Å². The molecule has 0 heterocycles. The molecule has 3 N–H and O–H groups in total. The average molecular weight is 228 g/mol. The van der Waals surface area contributed by atoms with Crippen molar-refractivity contribution in [3.8, 4) is 0 Å². The maximum absolute atomic E-state index is 11.7. The first-order chi connectivity index (χ1) is 7.29. The molecule has 1 rings (SSSR count). The molecule has 1 fully saturated rings. The van der Waals surface area contributed by atoms with Crippen LogP contribution in [0.4, 0.5) is 0 Å². The second-order valence-electron chi connectivity index (χ2n) is 4.93. The molecule has 0 radical (unpaired) electrons. The van der Waals surface area contributed by atoms with Crippen LogP contribution in [0.1, 0.15) is 32.6 Å². The predicted octanol–water partition coefficient (Wildman–Crippen LogP) is 0.437. The molecule has 92 valence electrons. The van der Waals surface area contributed by atoms with Gasteiger partial charge in [0.1, 0.15) is 5.54 Å². The standard InChI is InChI=1S/C11H20N2O3/c1-10(8(12)14,13(2)3)11(9(15)16)6-4-5-7-11/h4-7H2,1-3H3,(H2,12,14)(H,15,16). The summed E-state index contributed by atoms with van der Waals surface area (Å²) >= 11 is 0. The van der Waals surface area contributed by atoms with Gasteiger partial charge in [0.05, 0.1) is 5.41 Å². The first kappa shape index (κ1) is 13.0. The maximum Gasteiger partial charge on any atom is 0.312 e. The molecule has 0 aromatic carbocycles. The number of primary amides is 1. The molecular formula is C11H20N2O3. The van der Waals surface area contributed by atoms with Gasteiger partial charge in [-0.1, -0.05) is 12.8 Å². The summed E-state index contributed by atoms with van der Waals surface area (Å²) in [5.41, 5.74) is 3.26. The number of carbonyl (C=O) groups excluding carboxylic acids is 1. The summed E-state index contributed by atoms with van der Waals surface area (Å²) in [6.07, 6.45) is 2.70. The lowest BCUT2D eigenvalue weighted by Gasteiger charge is -2.45. The van der Waals surface area contributed by atoms with Crippen LogP contribution in [0.5, 0.6) is 0 Å². The van der Waals surface area contributed by atoms with E-state index in [9.17, 15) is 14.7 Å². The Labute approximate surface area is 95.6 Å². The van der Waals surface area contributed by atoms with Crippen molar-refractivity contribution in [1.82, 2.24) is 4.90 Å². The fraction of sp³-hybridized carbons (Fsp3) is 0.818. The number of hydrogen-bond donors (Lipinski definition) is 2. The molecular weight excluding hydrogens is 208 g/mol. The minimum Gasteiger partial charge on any atom is -0.481 e. The Bertz CT molecular complexity index is 294. The predicted molar refractivity (Wildman–Crippen MR) is 59.8 cm³/mol. The van der Waals surface area contributed by atoms with Crippen molar-refractivity contribution in [2.24, 2.45) is 11.1 Å². The first-order valence-corrected chi connectivity index (χ1v) is 5.50. The minimum absolute atomic E-state index is 0.514. The first-order valence-electron chi connectivity index (χ1n) is 5.50. The smallest absolute Gasteiger partial charge is 0.312 e. The van der Waals surface area contributed by atoms with E-state index >= 15 is 0 Å². The number of carbonyl (C=O) groups is 2. The molecule has 16 heavy (non-hydrogen) atoms. The Morgan fingerprint density at radius 3 is 2.00 bits per heavy atom. The molecule has 0 aliphatic heterocycles. The summed E-state index contributed by atoms with van der Waals surface area (Å²) in [6, 6.07) is 0. The summed E-state index contributed by atoms with van der Waals surface area (Å²) < 4.78 is 0. The summed E-state index contributed by atoms with van der Waals surface area (Å²) in [4.78, 5) is 24.9. The molecule has 1 aliphatic carbocycles. The third-order valence-electron chi connectivity index (χ3n) is 4.17. The van der Waals surface area contributed by atoms with Crippen LogP contribution in [0, 0.1) is 5.41 Å². The topological polar surface area (TPSA) is 83.6 Å². The number of likely N-dealkylation sites (N-methyl/N-ethyl adjacent to an activating group) is 1. The van der Waals surface area contributed by atoms with Crippen molar-refractivity contribution in [3.05, 3.63) is 0 Å². The van der Waals surface area contributed by atoms with Gasteiger partial charge in [-0.15, -0.1) is 0 Å². The molecule has 1 atom stereocenters. The number of amides is 1. The van der Waals surface area contributed by atoms with Gasteiger partial charge in [-0.05, 0) is 33.9 Å². The highest BCUT2D eigenvalue weighted by Gasteiger charge is 2.59. The molecule has 0 spiro atoms. The lowest BCUT2D eigenvalue weighted by molar-refractivity contribution is -0.164. The van der Waals surface area contributed by atoms with Crippen molar-refractivity contribution >= 4 is 11.9 Å². The van der Waals surface area contributed by atoms with E-state index in [2.05, 4.69) is 0 Å². The molecule has 1 aliphatic rings. The number of hydrogen-bond acceptors (Lipinski definition) is 3. The lowest BCUT2D eigenvalue weighted by atomic mass is 9.67. The molecule has 0 bridgehead atoms. The van der Waals surface area contributed by atoms with Gasteiger partial charge in [0.15, 0.2) is 0 Å². The van der Waals surface area contributed by atoms with Gasteiger partial charge in [0, 0.05) is 0 Å². The molecule has 1 amide bonds. The maximum atomic E-state index is 11.7. The van der Waals surface area contributed by atoms with Gasteiger partial charge in [0.2, 0.25) is 5.91 Å². The normalized spacial score (nSPS) is 23.0. The highest BCUT2D eigenvalue weighted by Crippen LogP contribution is 2.48. The number of carboxylic acids is 1. The summed E-state index contributed by atoms with van der Waals surface area (Å²) in [5.74, 6) is -1.48. The molecule has 0 aromatic rings. The Kier molecular flexibility index (Phi) is 3.28. The second-order valence-corrected chi connectivity index (χ2v) is 4.93. The Balaban J connectivity index is 3.28. The van der Waals surface area contributed by atoms with Crippen LogP contribution in [-0.4, -0.2) is 41.5 Å². The van der Waals surface area contributed by atoms with E-state index in [1.807, 2.05) is 0 Å². The van der Waals surface area contributed by atoms with Crippen molar-refractivity contribution in [1.29, 1.82) is 0 Å². The number of aliphatic carboxylic acids is 1. The number of carboxylic acid groups (broad SMARTS) is 1. The highest BCUT2D eigenvalue weighted by atomic mass is 16.4. The van der Waals surface area contributed by atoms with Crippen LogP contribution < -0.4 is 5.73 Å². The van der Waals surface area contributed by atoms with Gasteiger partial charge in [-0.2, -0.15) is 0 Å². The lowest BCUT2D eigenvalue weighted by Crippen LogP contribution is -2.65. The molecule has 1 saturated carbocycles. The van der Waals surface area contributed by atoms with Gasteiger partial charge in [-0.25, -0.2) is 0 Å². The van der Waals surface area contributed by atoms with Crippen LogP contribution in [0.2, 0.25) is 0 Å². The van der Waals surface area contributed by atoms with Crippen LogP contribution in [0.25, 0.3) is 0 Å². The van der Waals surface area contributed by atoms with E-state index in [0.29, 0.717) is 12.8 Å². The average Bonchev–Trinajstić information content (AvgIpc) is 2.65. The zero-order chi connectivity index (χ0) is 12.6. The van der Waals surface area contributed by atoms with Crippen LogP contribution in [0.3, 0.4) is 0 Å². The summed E-state index contributed by atoms with van der Waals surface area (Å²) in [7, 11) is 3.40. The van der Waals surface area contributed by atoms with E-state index in [4.69, 9.17) is 5.73 Å². The Morgan fingerprint density at radius 2 is 1.75 bits per heavy atom.